The molecule has 0 bridgehead atoms. The summed E-state index contributed by atoms with van der Waals surface area (Å²) in [6.07, 6.45) is 5.81. The molecule has 0 radical (unpaired) electrons. The molecule has 1 aromatic heterocycles. The van der Waals surface area contributed by atoms with Crippen LogP contribution in [0.4, 0.5) is 5.69 Å². The molecule has 0 amide bonds. The Labute approximate surface area is 159 Å². The molecule has 0 fully saturated rings. The van der Waals surface area contributed by atoms with E-state index < -0.39 is 0 Å². The van der Waals surface area contributed by atoms with E-state index in [4.69, 9.17) is 0 Å². The lowest BCUT2D eigenvalue weighted by Gasteiger charge is -2.30. The van der Waals surface area contributed by atoms with Gasteiger partial charge in [-0.1, -0.05) is 36.4 Å². The zero-order valence-corrected chi connectivity index (χ0v) is 16.1. The molecule has 3 heterocycles. The zero-order valence-electron chi connectivity index (χ0n) is 15.2. The first kappa shape index (κ1) is 16.1. The van der Waals surface area contributed by atoms with Gasteiger partial charge in [-0.2, -0.15) is 0 Å². The first-order valence-electron chi connectivity index (χ1n) is 9.50. The molecule has 26 heavy (non-hydrogen) atoms. The standard InChI is InChI=1S/C23H24N2S/c1-24-15-17(14-18-6-2-4-8-21(18)24)10-12-25-13-11-23-20(16-25)19-7-3-5-9-22(19)26-23/h2-9,15H,10-14,16H2,1H3. The van der Waals surface area contributed by atoms with Crippen molar-refractivity contribution in [2.45, 2.75) is 25.8 Å². The number of anilines is 1. The van der Waals surface area contributed by atoms with E-state index in [0.29, 0.717) is 0 Å². The molecule has 3 aromatic rings. The van der Waals surface area contributed by atoms with Crippen molar-refractivity contribution in [2.75, 3.05) is 25.0 Å². The van der Waals surface area contributed by atoms with Crippen LogP contribution in [0.25, 0.3) is 10.1 Å². The highest BCUT2D eigenvalue weighted by atomic mass is 32.1. The molecule has 0 spiro atoms. The summed E-state index contributed by atoms with van der Waals surface area (Å²) in [5.41, 5.74) is 5.94. The molecule has 132 valence electrons. The van der Waals surface area contributed by atoms with Crippen LogP contribution in [0.5, 0.6) is 0 Å². The molecule has 2 aliphatic heterocycles. The maximum atomic E-state index is 2.64. The molecular weight excluding hydrogens is 336 g/mol. The summed E-state index contributed by atoms with van der Waals surface area (Å²) < 4.78 is 1.45. The van der Waals surface area contributed by atoms with Gasteiger partial charge in [-0.15, -0.1) is 11.3 Å². The van der Waals surface area contributed by atoms with Gasteiger partial charge in [0.15, 0.2) is 0 Å². The number of thiophene rings is 1. The lowest BCUT2D eigenvalue weighted by molar-refractivity contribution is 0.259. The van der Waals surface area contributed by atoms with Crippen LogP contribution in [0.15, 0.2) is 60.3 Å². The van der Waals surface area contributed by atoms with Gasteiger partial charge in [0.2, 0.25) is 0 Å². The summed E-state index contributed by atoms with van der Waals surface area (Å²) >= 11 is 2.00. The summed E-state index contributed by atoms with van der Waals surface area (Å²) in [5.74, 6) is 0. The predicted octanol–water partition coefficient (Wildman–Crippen LogP) is 5.23. The maximum Gasteiger partial charge on any atom is 0.0439 e. The van der Waals surface area contributed by atoms with Crippen LogP contribution in [0.3, 0.4) is 0 Å². The summed E-state index contributed by atoms with van der Waals surface area (Å²) in [6, 6.07) is 17.7. The Hall–Kier alpha value is -2.10. The maximum absolute atomic E-state index is 2.64. The van der Waals surface area contributed by atoms with E-state index in [-0.39, 0.29) is 0 Å². The minimum Gasteiger partial charge on any atom is -0.351 e. The Morgan fingerprint density at radius 2 is 1.88 bits per heavy atom. The van der Waals surface area contributed by atoms with E-state index in [0.717, 1.165) is 25.9 Å². The van der Waals surface area contributed by atoms with Crippen LogP contribution in [-0.4, -0.2) is 25.0 Å². The molecule has 0 saturated carbocycles. The van der Waals surface area contributed by atoms with Crippen LogP contribution >= 0.6 is 11.3 Å². The van der Waals surface area contributed by atoms with Crippen molar-refractivity contribution in [1.29, 1.82) is 0 Å². The van der Waals surface area contributed by atoms with Crippen molar-refractivity contribution in [1.82, 2.24) is 4.90 Å². The van der Waals surface area contributed by atoms with Crippen molar-refractivity contribution in [3.8, 4) is 0 Å². The largest absolute Gasteiger partial charge is 0.351 e. The highest BCUT2D eigenvalue weighted by molar-refractivity contribution is 7.19. The number of para-hydroxylation sites is 1. The zero-order chi connectivity index (χ0) is 17.5. The minimum absolute atomic E-state index is 1.10. The highest BCUT2D eigenvalue weighted by Crippen LogP contribution is 2.35. The smallest absolute Gasteiger partial charge is 0.0439 e. The average Bonchev–Trinajstić information content (AvgIpc) is 3.04. The van der Waals surface area contributed by atoms with Gasteiger partial charge in [0.1, 0.15) is 0 Å². The number of hydrogen-bond donors (Lipinski definition) is 0. The van der Waals surface area contributed by atoms with E-state index in [2.05, 4.69) is 71.6 Å². The molecule has 2 aromatic carbocycles. The second-order valence-electron chi connectivity index (χ2n) is 7.48. The van der Waals surface area contributed by atoms with E-state index >= 15 is 0 Å². The fourth-order valence-electron chi connectivity index (χ4n) is 4.37. The van der Waals surface area contributed by atoms with Crippen molar-refractivity contribution in [3.63, 3.8) is 0 Å². The Morgan fingerprint density at radius 3 is 2.85 bits per heavy atom. The number of nitrogens with zero attached hydrogens (tertiary/aromatic N) is 2. The highest BCUT2D eigenvalue weighted by Gasteiger charge is 2.21. The van der Waals surface area contributed by atoms with Crippen LogP contribution in [0, 0.1) is 0 Å². The Kier molecular flexibility index (Phi) is 4.07. The Morgan fingerprint density at radius 1 is 1.04 bits per heavy atom. The molecule has 0 atom stereocenters. The minimum atomic E-state index is 1.10. The van der Waals surface area contributed by atoms with Gasteiger partial charge in [0.05, 0.1) is 0 Å². The van der Waals surface area contributed by atoms with Gasteiger partial charge in [-0.3, -0.25) is 4.90 Å². The molecule has 0 unspecified atom stereocenters. The SMILES string of the molecule is CN1C=C(CCN2CCc3sc4ccccc4c3C2)Cc2ccccc21. The second kappa shape index (κ2) is 6.57. The quantitative estimate of drug-likeness (QED) is 0.631. The molecule has 0 aliphatic carbocycles. The van der Waals surface area contributed by atoms with Gasteiger partial charge >= 0.3 is 0 Å². The predicted molar refractivity (Wildman–Crippen MR) is 112 cm³/mol. The van der Waals surface area contributed by atoms with E-state index in [1.54, 1.807) is 16.0 Å². The van der Waals surface area contributed by atoms with Gasteiger partial charge in [-0.25, -0.2) is 0 Å². The van der Waals surface area contributed by atoms with Gasteiger partial charge in [-0.05, 0) is 53.5 Å². The Balaban J connectivity index is 1.29. The number of fused-ring (bicyclic) bond motifs is 4. The third-order valence-corrected chi connectivity index (χ3v) is 7.01. The molecule has 0 N–H and O–H groups in total. The molecule has 3 heteroatoms. The van der Waals surface area contributed by atoms with Crippen molar-refractivity contribution in [3.05, 3.63) is 76.3 Å². The third kappa shape index (κ3) is 2.85. The summed E-state index contributed by atoms with van der Waals surface area (Å²) in [5, 5.41) is 1.47. The molecule has 0 saturated heterocycles. The number of hydrogen-bond acceptors (Lipinski definition) is 3. The fraction of sp³-hybridized carbons (Fsp3) is 0.304. The first-order valence-corrected chi connectivity index (χ1v) is 10.3. The monoisotopic (exact) mass is 360 g/mol. The van der Waals surface area contributed by atoms with Gasteiger partial charge < -0.3 is 4.90 Å². The first-order chi connectivity index (χ1) is 12.8. The normalized spacial score (nSPS) is 17.1. The van der Waals surface area contributed by atoms with Crippen LogP contribution in [-0.2, 0) is 19.4 Å². The van der Waals surface area contributed by atoms with Crippen molar-refractivity contribution in [2.24, 2.45) is 0 Å². The molecule has 5 rings (SSSR count). The average molecular weight is 361 g/mol. The summed E-state index contributed by atoms with van der Waals surface area (Å²) in [4.78, 5) is 6.53. The molecule has 2 nitrogen and oxygen atoms in total. The number of rotatable bonds is 3. The van der Waals surface area contributed by atoms with E-state index in [9.17, 15) is 0 Å². The van der Waals surface area contributed by atoms with Gasteiger partial charge in [0.25, 0.3) is 0 Å². The Bertz CT molecular complexity index is 985. The number of benzene rings is 2. The van der Waals surface area contributed by atoms with Crippen LogP contribution in [0.1, 0.15) is 22.4 Å². The van der Waals surface area contributed by atoms with Crippen molar-refractivity contribution >= 4 is 27.1 Å². The molecule has 2 aliphatic rings. The van der Waals surface area contributed by atoms with Crippen LogP contribution < -0.4 is 4.90 Å². The lowest BCUT2D eigenvalue weighted by atomic mass is 9.97. The van der Waals surface area contributed by atoms with E-state index in [1.165, 1.54) is 34.3 Å². The van der Waals surface area contributed by atoms with E-state index in [1.807, 2.05) is 11.3 Å². The summed E-state index contributed by atoms with van der Waals surface area (Å²) in [6.45, 7) is 3.46. The van der Waals surface area contributed by atoms with Gasteiger partial charge in [0, 0.05) is 48.1 Å². The molecular formula is C23H24N2S. The van der Waals surface area contributed by atoms with Crippen molar-refractivity contribution < 1.29 is 0 Å². The third-order valence-electron chi connectivity index (χ3n) is 5.73. The second-order valence-corrected chi connectivity index (χ2v) is 8.62. The summed E-state index contributed by atoms with van der Waals surface area (Å²) in [7, 11) is 2.17. The van der Waals surface area contributed by atoms with Crippen LogP contribution in [0.2, 0.25) is 0 Å². The topological polar surface area (TPSA) is 6.48 Å². The lowest BCUT2D eigenvalue weighted by Crippen LogP contribution is -2.31. The fourth-order valence-corrected chi connectivity index (χ4v) is 5.57.